The van der Waals surface area contributed by atoms with Crippen LogP contribution in [-0.4, -0.2) is 25.6 Å². The van der Waals surface area contributed by atoms with Crippen LogP contribution < -0.4 is 9.47 Å². The van der Waals surface area contributed by atoms with Crippen molar-refractivity contribution in [2.24, 2.45) is 4.99 Å². The predicted molar refractivity (Wildman–Crippen MR) is 119 cm³/mol. The van der Waals surface area contributed by atoms with Gasteiger partial charge in [0, 0.05) is 5.56 Å². The van der Waals surface area contributed by atoms with Gasteiger partial charge in [-0.1, -0.05) is 49.4 Å². The van der Waals surface area contributed by atoms with E-state index >= 15 is 0 Å². The summed E-state index contributed by atoms with van der Waals surface area (Å²) in [6.07, 6.45) is 6.29. The molecule has 2 aromatic rings. The fraction of sp³-hybridized carbons (Fsp3) is 0.360. The summed E-state index contributed by atoms with van der Waals surface area (Å²) in [4.78, 5) is 16.7. The molecule has 5 nitrogen and oxygen atoms in total. The third-order valence-electron chi connectivity index (χ3n) is 4.84. The van der Waals surface area contributed by atoms with Crippen LogP contribution >= 0.6 is 0 Å². The molecule has 0 N–H and O–H groups in total. The molecule has 0 spiro atoms. The number of hydrogen-bond acceptors (Lipinski definition) is 5. The van der Waals surface area contributed by atoms with E-state index in [1.54, 1.807) is 13.2 Å². The van der Waals surface area contributed by atoms with E-state index in [9.17, 15) is 4.79 Å². The van der Waals surface area contributed by atoms with Gasteiger partial charge in [0.15, 0.2) is 17.2 Å². The second-order valence-corrected chi connectivity index (χ2v) is 7.53. The highest BCUT2D eigenvalue weighted by Crippen LogP contribution is 2.30. The lowest BCUT2D eigenvalue weighted by molar-refractivity contribution is -0.129. The van der Waals surface area contributed by atoms with Crippen molar-refractivity contribution < 1.29 is 19.0 Å². The zero-order valence-electron chi connectivity index (χ0n) is 18.2. The number of benzene rings is 2. The van der Waals surface area contributed by atoms with Crippen LogP contribution in [0.1, 0.15) is 54.9 Å². The minimum Gasteiger partial charge on any atom is -0.493 e. The first-order valence-electron chi connectivity index (χ1n) is 10.4. The first-order chi connectivity index (χ1) is 14.5. The van der Waals surface area contributed by atoms with Crippen LogP contribution in [0, 0.1) is 13.8 Å². The number of aryl methyl sites for hydroxylation is 2. The maximum atomic E-state index is 12.3. The monoisotopic (exact) mass is 407 g/mol. The number of rotatable bonds is 9. The molecule has 5 heteroatoms. The Labute approximate surface area is 178 Å². The van der Waals surface area contributed by atoms with Crippen molar-refractivity contribution in [3.8, 4) is 11.5 Å². The van der Waals surface area contributed by atoms with E-state index in [0.717, 1.165) is 35.1 Å². The van der Waals surface area contributed by atoms with Gasteiger partial charge in [0.1, 0.15) is 0 Å². The van der Waals surface area contributed by atoms with Crippen LogP contribution in [0.3, 0.4) is 0 Å². The highest BCUT2D eigenvalue weighted by Gasteiger charge is 2.24. The molecule has 2 aromatic carbocycles. The molecule has 1 heterocycles. The number of unbranched alkanes of at least 4 members (excludes halogenated alkanes) is 3. The second-order valence-electron chi connectivity index (χ2n) is 7.53. The SMILES string of the molecule is CCCCCCOc1ccc(/C=C2\N=C(c3cc(C)cc(C)c3)OC2=O)cc1OC. The molecular weight excluding hydrogens is 378 g/mol. The number of nitrogens with zero attached hydrogens (tertiary/aromatic N) is 1. The van der Waals surface area contributed by atoms with E-state index < -0.39 is 5.97 Å². The van der Waals surface area contributed by atoms with Gasteiger partial charge < -0.3 is 14.2 Å². The highest BCUT2D eigenvalue weighted by molar-refractivity contribution is 6.13. The zero-order valence-corrected chi connectivity index (χ0v) is 18.2. The number of cyclic esters (lactones) is 1. The second kappa shape index (κ2) is 10.1. The lowest BCUT2D eigenvalue weighted by Gasteiger charge is -2.11. The normalized spacial score (nSPS) is 14.6. The average molecular weight is 408 g/mol. The molecule has 0 bridgehead atoms. The number of hydrogen-bond donors (Lipinski definition) is 0. The Morgan fingerprint density at radius 2 is 1.77 bits per heavy atom. The largest absolute Gasteiger partial charge is 0.493 e. The van der Waals surface area contributed by atoms with Gasteiger partial charge in [-0.05, 0) is 56.2 Å². The molecule has 158 valence electrons. The Hall–Kier alpha value is -3.08. The molecule has 0 aromatic heterocycles. The van der Waals surface area contributed by atoms with Crippen molar-refractivity contribution in [3.63, 3.8) is 0 Å². The summed E-state index contributed by atoms with van der Waals surface area (Å²) in [7, 11) is 1.61. The van der Waals surface area contributed by atoms with Gasteiger partial charge in [-0.15, -0.1) is 0 Å². The molecule has 0 saturated carbocycles. The Morgan fingerprint density at radius 3 is 2.47 bits per heavy atom. The van der Waals surface area contributed by atoms with Gasteiger partial charge in [0.05, 0.1) is 13.7 Å². The molecule has 0 unspecified atom stereocenters. The van der Waals surface area contributed by atoms with Gasteiger partial charge in [-0.2, -0.15) is 0 Å². The number of esters is 1. The summed E-state index contributed by atoms with van der Waals surface area (Å²) in [5, 5.41) is 0. The summed E-state index contributed by atoms with van der Waals surface area (Å²) in [5.41, 5.74) is 4.04. The minimum absolute atomic E-state index is 0.263. The van der Waals surface area contributed by atoms with Gasteiger partial charge >= 0.3 is 5.97 Å². The van der Waals surface area contributed by atoms with E-state index in [1.807, 2.05) is 44.2 Å². The van der Waals surface area contributed by atoms with Crippen molar-refractivity contribution in [3.05, 3.63) is 64.3 Å². The summed E-state index contributed by atoms with van der Waals surface area (Å²) >= 11 is 0. The fourth-order valence-electron chi connectivity index (χ4n) is 3.39. The van der Waals surface area contributed by atoms with Crippen molar-refractivity contribution in [2.45, 2.75) is 46.5 Å². The van der Waals surface area contributed by atoms with Crippen LogP contribution in [0.5, 0.6) is 11.5 Å². The van der Waals surface area contributed by atoms with Gasteiger partial charge in [-0.25, -0.2) is 9.79 Å². The van der Waals surface area contributed by atoms with Gasteiger partial charge in [0.25, 0.3) is 0 Å². The smallest absolute Gasteiger partial charge is 0.363 e. The maximum absolute atomic E-state index is 12.3. The molecule has 30 heavy (non-hydrogen) atoms. The molecule has 0 radical (unpaired) electrons. The third-order valence-corrected chi connectivity index (χ3v) is 4.84. The van der Waals surface area contributed by atoms with E-state index in [-0.39, 0.29) is 5.70 Å². The molecular formula is C25H29NO4. The number of carbonyl (C=O) groups is 1. The number of methoxy groups -OCH3 is 1. The van der Waals surface area contributed by atoms with Crippen LogP contribution in [0.15, 0.2) is 47.1 Å². The fourth-order valence-corrected chi connectivity index (χ4v) is 3.39. The van der Waals surface area contributed by atoms with E-state index in [4.69, 9.17) is 14.2 Å². The number of aliphatic imine (C=N–C) groups is 1. The highest BCUT2D eigenvalue weighted by atomic mass is 16.6. The summed E-state index contributed by atoms with van der Waals surface area (Å²) in [6.45, 7) is 6.85. The standard InChI is InChI=1S/C25H29NO4/c1-5-6-7-8-11-29-22-10-9-19(16-23(22)28-4)15-21-25(27)30-24(26-21)20-13-17(2)12-18(3)14-20/h9-10,12-16H,5-8,11H2,1-4H3/b21-15-. The Morgan fingerprint density at radius 1 is 1.00 bits per heavy atom. The van der Waals surface area contributed by atoms with Crippen LogP contribution in [0.4, 0.5) is 0 Å². The lowest BCUT2D eigenvalue weighted by atomic mass is 10.1. The molecule has 0 saturated heterocycles. The summed E-state index contributed by atoms with van der Waals surface area (Å²) in [5.74, 6) is 1.20. The molecule has 0 amide bonds. The molecule has 1 aliphatic heterocycles. The Bertz CT molecular complexity index is 955. The molecule has 0 aliphatic carbocycles. The molecule has 3 rings (SSSR count). The van der Waals surface area contributed by atoms with E-state index in [1.165, 1.54) is 12.8 Å². The average Bonchev–Trinajstić information content (AvgIpc) is 3.08. The predicted octanol–water partition coefficient (Wildman–Crippen LogP) is 5.62. The van der Waals surface area contributed by atoms with Crippen molar-refractivity contribution >= 4 is 17.9 Å². The summed E-state index contributed by atoms with van der Waals surface area (Å²) < 4.78 is 16.7. The number of ether oxygens (including phenoxy) is 3. The zero-order chi connectivity index (χ0) is 21.5. The van der Waals surface area contributed by atoms with E-state index in [2.05, 4.69) is 18.0 Å². The van der Waals surface area contributed by atoms with Crippen molar-refractivity contribution in [1.82, 2.24) is 0 Å². The topological polar surface area (TPSA) is 57.1 Å². The quantitative estimate of drug-likeness (QED) is 0.308. The van der Waals surface area contributed by atoms with Crippen molar-refractivity contribution in [1.29, 1.82) is 0 Å². The van der Waals surface area contributed by atoms with Crippen molar-refractivity contribution in [2.75, 3.05) is 13.7 Å². The Kier molecular flexibility index (Phi) is 7.28. The first kappa shape index (κ1) is 21.6. The molecule has 0 fully saturated rings. The van der Waals surface area contributed by atoms with Gasteiger partial charge in [0.2, 0.25) is 5.90 Å². The Balaban J connectivity index is 1.76. The van der Waals surface area contributed by atoms with Crippen LogP contribution in [0.25, 0.3) is 6.08 Å². The number of carbonyl (C=O) groups excluding carboxylic acids is 1. The minimum atomic E-state index is -0.459. The molecule has 0 atom stereocenters. The third kappa shape index (κ3) is 5.50. The lowest BCUT2D eigenvalue weighted by Crippen LogP contribution is -2.06. The first-order valence-corrected chi connectivity index (χ1v) is 10.4. The van der Waals surface area contributed by atoms with E-state index in [0.29, 0.717) is 24.0 Å². The van der Waals surface area contributed by atoms with Crippen LogP contribution in [0.2, 0.25) is 0 Å². The van der Waals surface area contributed by atoms with Crippen LogP contribution in [-0.2, 0) is 9.53 Å². The van der Waals surface area contributed by atoms with Gasteiger partial charge in [-0.3, -0.25) is 0 Å². The summed E-state index contributed by atoms with van der Waals surface area (Å²) in [6, 6.07) is 11.6. The molecule has 1 aliphatic rings. The maximum Gasteiger partial charge on any atom is 0.363 e.